The van der Waals surface area contributed by atoms with Crippen LogP contribution in [0.15, 0.2) is 0 Å². The molecular weight excluding hydrogens is 258 g/mol. The second-order valence-corrected chi connectivity index (χ2v) is 5.46. The molecule has 3 N–H and O–H groups in total. The van der Waals surface area contributed by atoms with Gasteiger partial charge in [-0.25, -0.2) is 0 Å². The van der Waals surface area contributed by atoms with Crippen LogP contribution in [0.2, 0.25) is 0 Å². The molecule has 0 aromatic carbocycles. The Bertz CT molecular complexity index is 295. The van der Waals surface area contributed by atoms with E-state index in [0.717, 1.165) is 13.0 Å². The van der Waals surface area contributed by atoms with Gasteiger partial charge in [-0.1, -0.05) is 13.8 Å². The number of nitrogens with zero attached hydrogens (tertiary/aromatic N) is 1. The SMILES string of the molecule is COC(=O)CCCNC(=O)CN(C)CCC(N)C(C)C. The standard InChI is InChI=1S/C14H29N3O3/c1-11(2)12(15)7-9-17(3)10-13(18)16-8-5-6-14(19)20-4/h11-12H,5-10,15H2,1-4H3,(H,16,18). The van der Waals surface area contributed by atoms with Crippen molar-refractivity contribution in [2.75, 3.05) is 33.8 Å². The lowest BCUT2D eigenvalue weighted by Crippen LogP contribution is -2.38. The van der Waals surface area contributed by atoms with Crippen LogP contribution >= 0.6 is 0 Å². The molecule has 0 aromatic heterocycles. The molecule has 20 heavy (non-hydrogen) atoms. The van der Waals surface area contributed by atoms with Crippen molar-refractivity contribution < 1.29 is 14.3 Å². The Morgan fingerprint density at radius 2 is 2.00 bits per heavy atom. The second-order valence-electron chi connectivity index (χ2n) is 5.46. The Hall–Kier alpha value is -1.14. The second kappa shape index (κ2) is 10.6. The molecule has 0 radical (unpaired) electrons. The highest BCUT2D eigenvalue weighted by molar-refractivity contribution is 5.78. The van der Waals surface area contributed by atoms with E-state index in [2.05, 4.69) is 23.9 Å². The predicted octanol–water partition coefficient (Wildman–Crippen LogP) is 0.361. The first-order valence-corrected chi connectivity index (χ1v) is 7.14. The molecule has 0 spiro atoms. The normalized spacial score (nSPS) is 12.6. The number of methoxy groups -OCH3 is 1. The van der Waals surface area contributed by atoms with Gasteiger partial charge in [0.2, 0.25) is 5.91 Å². The lowest BCUT2D eigenvalue weighted by Gasteiger charge is -2.20. The van der Waals surface area contributed by atoms with E-state index in [1.807, 2.05) is 11.9 Å². The summed E-state index contributed by atoms with van der Waals surface area (Å²) < 4.78 is 4.52. The molecule has 0 fully saturated rings. The Balaban J connectivity index is 3.67. The summed E-state index contributed by atoms with van der Waals surface area (Å²) in [4.78, 5) is 24.5. The first-order chi connectivity index (χ1) is 9.36. The van der Waals surface area contributed by atoms with Gasteiger partial charge in [0.25, 0.3) is 0 Å². The Morgan fingerprint density at radius 1 is 1.35 bits per heavy atom. The molecule has 0 aliphatic carbocycles. The zero-order valence-electron chi connectivity index (χ0n) is 13.1. The van der Waals surface area contributed by atoms with Crippen molar-refractivity contribution in [1.82, 2.24) is 10.2 Å². The number of rotatable bonds is 10. The molecule has 0 aliphatic heterocycles. The van der Waals surface area contributed by atoms with Crippen molar-refractivity contribution in [3.05, 3.63) is 0 Å². The number of nitrogens with two attached hydrogens (primary N) is 1. The minimum atomic E-state index is -0.251. The lowest BCUT2D eigenvalue weighted by molar-refractivity contribution is -0.140. The first-order valence-electron chi connectivity index (χ1n) is 7.14. The zero-order valence-corrected chi connectivity index (χ0v) is 13.1. The molecule has 1 unspecified atom stereocenters. The molecule has 0 bridgehead atoms. The van der Waals surface area contributed by atoms with Crippen LogP contribution in [0.3, 0.4) is 0 Å². The van der Waals surface area contributed by atoms with Crippen LogP contribution in [0.1, 0.15) is 33.1 Å². The van der Waals surface area contributed by atoms with Gasteiger partial charge in [0.1, 0.15) is 0 Å². The van der Waals surface area contributed by atoms with Gasteiger partial charge >= 0.3 is 5.97 Å². The van der Waals surface area contributed by atoms with Crippen LogP contribution in [0.25, 0.3) is 0 Å². The molecule has 1 atom stereocenters. The molecule has 6 nitrogen and oxygen atoms in total. The molecule has 0 heterocycles. The largest absolute Gasteiger partial charge is 0.469 e. The van der Waals surface area contributed by atoms with Crippen molar-refractivity contribution in [3.63, 3.8) is 0 Å². The maximum Gasteiger partial charge on any atom is 0.305 e. The average molecular weight is 287 g/mol. The van der Waals surface area contributed by atoms with E-state index in [1.54, 1.807) is 0 Å². The minimum absolute atomic E-state index is 0.0320. The van der Waals surface area contributed by atoms with E-state index in [1.165, 1.54) is 7.11 Å². The fourth-order valence-electron chi connectivity index (χ4n) is 1.65. The Morgan fingerprint density at radius 3 is 2.55 bits per heavy atom. The maximum atomic E-state index is 11.6. The summed E-state index contributed by atoms with van der Waals surface area (Å²) in [7, 11) is 3.26. The maximum absolute atomic E-state index is 11.6. The van der Waals surface area contributed by atoms with E-state index < -0.39 is 0 Å². The highest BCUT2D eigenvalue weighted by atomic mass is 16.5. The van der Waals surface area contributed by atoms with Gasteiger partial charge in [0.05, 0.1) is 13.7 Å². The van der Waals surface area contributed by atoms with Crippen LogP contribution < -0.4 is 11.1 Å². The number of esters is 1. The Kier molecular flexibility index (Phi) is 10.0. The number of hydrogen-bond acceptors (Lipinski definition) is 5. The van der Waals surface area contributed by atoms with Crippen LogP contribution in [-0.4, -0.2) is 56.6 Å². The summed E-state index contributed by atoms with van der Waals surface area (Å²) in [5.41, 5.74) is 5.96. The number of amides is 1. The fourth-order valence-corrected chi connectivity index (χ4v) is 1.65. The first kappa shape index (κ1) is 18.9. The highest BCUT2D eigenvalue weighted by Gasteiger charge is 2.11. The number of carbonyl (C=O) groups is 2. The van der Waals surface area contributed by atoms with E-state index in [-0.39, 0.29) is 17.9 Å². The molecule has 118 valence electrons. The summed E-state index contributed by atoms with van der Waals surface area (Å²) in [6.07, 6.45) is 1.81. The molecule has 0 saturated carbocycles. The lowest BCUT2D eigenvalue weighted by atomic mass is 10.0. The highest BCUT2D eigenvalue weighted by Crippen LogP contribution is 2.03. The van der Waals surface area contributed by atoms with Gasteiger partial charge in [0.15, 0.2) is 0 Å². The summed E-state index contributed by atoms with van der Waals surface area (Å²) in [5.74, 6) is 0.171. The van der Waals surface area contributed by atoms with Crippen molar-refractivity contribution in [2.24, 2.45) is 11.7 Å². The van der Waals surface area contributed by atoms with Gasteiger partial charge < -0.3 is 15.8 Å². The summed E-state index contributed by atoms with van der Waals surface area (Å²) in [5, 5.41) is 2.78. The molecule has 0 saturated heterocycles. The molecule has 6 heteroatoms. The monoisotopic (exact) mass is 287 g/mol. The average Bonchev–Trinajstić information content (AvgIpc) is 2.40. The van der Waals surface area contributed by atoms with E-state index in [4.69, 9.17) is 5.73 Å². The third-order valence-corrected chi connectivity index (χ3v) is 3.22. The summed E-state index contributed by atoms with van der Waals surface area (Å²) in [6, 6.07) is 0.167. The zero-order chi connectivity index (χ0) is 15.5. The third-order valence-electron chi connectivity index (χ3n) is 3.22. The Labute approximate surface area is 122 Å². The van der Waals surface area contributed by atoms with Crippen LogP contribution in [0.5, 0.6) is 0 Å². The van der Waals surface area contributed by atoms with Crippen LogP contribution in [-0.2, 0) is 14.3 Å². The van der Waals surface area contributed by atoms with E-state index in [9.17, 15) is 9.59 Å². The predicted molar refractivity (Wildman–Crippen MR) is 79.2 cm³/mol. The number of ether oxygens (including phenoxy) is 1. The molecule has 0 aromatic rings. The van der Waals surface area contributed by atoms with Gasteiger partial charge in [0, 0.05) is 19.0 Å². The van der Waals surface area contributed by atoms with Crippen molar-refractivity contribution in [3.8, 4) is 0 Å². The molecule has 1 amide bonds. The number of carbonyl (C=O) groups excluding carboxylic acids is 2. The molecule has 0 aliphatic rings. The minimum Gasteiger partial charge on any atom is -0.469 e. The van der Waals surface area contributed by atoms with Gasteiger partial charge in [-0.05, 0) is 32.4 Å². The van der Waals surface area contributed by atoms with Crippen LogP contribution in [0, 0.1) is 5.92 Å². The van der Waals surface area contributed by atoms with E-state index >= 15 is 0 Å². The van der Waals surface area contributed by atoms with Crippen molar-refractivity contribution in [2.45, 2.75) is 39.2 Å². The number of nitrogens with one attached hydrogen (secondary N) is 1. The van der Waals surface area contributed by atoms with Gasteiger partial charge in [-0.2, -0.15) is 0 Å². The third kappa shape index (κ3) is 9.75. The smallest absolute Gasteiger partial charge is 0.305 e. The number of hydrogen-bond donors (Lipinski definition) is 2. The van der Waals surface area contributed by atoms with Crippen molar-refractivity contribution >= 4 is 11.9 Å². The van der Waals surface area contributed by atoms with Gasteiger partial charge in [-0.3, -0.25) is 14.5 Å². The van der Waals surface area contributed by atoms with Gasteiger partial charge in [-0.15, -0.1) is 0 Å². The van der Waals surface area contributed by atoms with E-state index in [0.29, 0.717) is 31.8 Å². The fraction of sp³-hybridized carbons (Fsp3) is 0.857. The topological polar surface area (TPSA) is 84.7 Å². The summed E-state index contributed by atoms with van der Waals surface area (Å²) >= 11 is 0. The molecular formula is C14H29N3O3. The quantitative estimate of drug-likeness (QED) is 0.448. The van der Waals surface area contributed by atoms with Crippen molar-refractivity contribution in [1.29, 1.82) is 0 Å². The molecule has 0 rings (SSSR count). The number of likely N-dealkylation sites (N-methyl/N-ethyl adjacent to an activating group) is 1. The summed E-state index contributed by atoms with van der Waals surface area (Å²) in [6.45, 7) is 5.84. The van der Waals surface area contributed by atoms with Crippen LogP contribution in [0.4, 0.5) is 0 Å².